The third kappa shape index (κ3) is 3.42. The Hall–Kier alpha value is -0.680. The Bertz CT molecular complexity index is 411. The first-order chi connectivity index (χ1) is 8.56. The molecule has 0 spiro atoms. The van der Waals surface area contributed by atoms with Gasteiger partial charge in [0.05, 0.1) is 6.10 Å². The van der Waals surface area contributed by atoms with Crippen LogP contribution in [0.5, 0.6) is 0 Å². The van der Waals surface area contributed by atoms with Gasteiger partial charge in [0.2, 0.25) is 0 Å². The van der Waals surface area contributed by atoms with Crippen LogP contribution in [0.25, 0.3) is 0 Å². The molecule has 18 heavy (non-hydrogen) atoms. The standard InChI is InChI=1S/C13H20BrN3O/c1-9(2)13-15-11(14)7-12(16-13)17-5-4-6-18-10(3)8-17/h7,9-10H,4-6,8H2,1-3H3. The van der Waals surface area contributed by atoms with Gasteiger partial charge < -0.3 is 9.64 Å². The Labute approximate surface area is 117 Å². The number of hydrogen-bond donors (Lipinski definition) is 0. The van der Waals surface area contributed by atoms with E-state index in [4.69, 9.17) is 4.74 Å². The number of ether oxygens (including phenoxy) is 1. The molecule has 1 atom stereocenters. The predicted molar refractivity (Wildman–Crippen MR) is 76.1 cm³/mol. The molecule has 5 heteroatoms. The van der Waals surface area contributed by atoms with Crippen molar-refractivity contribution in [2.24, 2.45) is 0 Å². The van der Waals surface area contributed by atoms with Crippen LogP contribution in [0, 0.1) is 0 Å². The Balaban J connectivity index is 2.25. The van der Waals surface area contributed by atoms with Crippen LogP contribution in [-0.2, 0) is 4.74 Å². The van der Waals surface area contributed by atoms with E-state index in [2.05, 4.69) is 51.6 Å². The molecule has 1 aromatic rings. The fourth-order valence-electron chi connectivity index (χ4n) is 2.05. The third-order valence-electron chi connectivity index (χ3n) is 2.99. The number of anilines is 1. The second kappa shape index (κ2) is 5.97. The van der Waals surface area contributed by atoms with E-state index in [9.17, 15) is 0 Å². The van der Waals surface area contributed by atoms with Crippen LogP contribution in [0.1, 0.15) is 38.9 Å². The van der Waals surface area contributed by atoms with Crippen LogP contribution in [0.4, 0.5) is 5.82 Å². The smallest absolute Gasteiger partial charge is 0.134 e. The minimum Gasteiger partial charge on any atom is -0.377 e. The molecule has 2 rings (SSSR count). The number of halogens is 1. The van der Waals surface area contributed by atoms with E-state index < -0.39 is 0 Å². The van der Waals surface area contributed by atoms with Crippen molar-refractivity contribution < 1.29 is 4.74 Å². The number of aromatic nitrogens is 2. The first-order valence-electron chi connectivity index (χ1n) is 6.47. The largest absolute Gasteiger partial charge is 0.377 e. The van der Waals surface area contributed by atoms with Crippen molar-refractivity contribution in [2.45, 2.75) is 39.2 Å². The predicted octanol–water partition coefficient (Wildman–Crippen LogP) is 2.98. The van der Waals surface area contributed by atoms with Gasteiger partial charge >= 0.3 is 0 Å². The second-order valence-corrected chi connectivity index (χ2v) is 5.86. The van der Waals surface area contributed by atoms with Gasteiger partial charge in [0, 0.05) is 31.7 Å². The molecule has 1 unspecified atom stereocenters. The summed E-state index contributed by atoms with van der Waals surface area (Å²) in [5.74, 6) is 2.22. The Morgan fingerprint density at radius 1 is 1.44 bits per heavy atom. The summed E-state index contributed by atoms with van der Waals surface area (Å²) in [6.45, 7) is 9.05. The molecule has 1 aliphatic rings. The van der Waals surface area contributed by atoms with E-state index in [1.165, 1.54) is 0 Å². The topological polar surface area (TPSA) is 38.2 Å². The highest BCUT2D eigenvalue weighted by atomic mass is 79.9. The Morgan fingerprint density at radius 2 is 2.22 bits per heavy atom. The summed E-state index contributed by atoms with van der Waals surface area (Å²) in [4.78, 5) is 11.4. The molecular weight excluding hydrogens is 294 g/mol. The summed E-state index contributed by atoms with van der Waals surface area (Å²) < 4.78 is 6.52. The lowest BCUT2D eigenvalue weighted by Crippen LogP contribution is -2.31. The van der Waals surface area contributed by atoms with Gasteiger partial charge in [-0.15, -0.1) is 0 Å². The van der Waals surface area contributed by atoms with E-state index >= 15 is 0 Å². The van der Waals surface area contributed by atoms with E-state index in [0.717, 1.165) is 42.4 Å². The van der Waals surface area contributed by atoms with Gasteiger partial charge in [-0.25, -0.2) is 9.97 Å². The van der Waals surface area contributed by atoms with Crippen LogP contribution in [0.15, 0.2) is 10.7 Å². The molecule has 0 radical (unpaired) electrons. The Morgan fingerprint density at radius 3 is 2.94 bits per heavy atom. The average Bonchev–Trinajstić information content (AvgIpc) is 2.53. The lowest BCUT2D eigenvalue weighted by molar-refractivity contribution is 0.0820. The third-order valence-corrected chi connectivity index (χ3v) is 3.40. The van der Waals surface area contributed by atoms with Crippen LogP contribution in [-0.4, -0.2) is 35.8 Å². The second-order valence-electron chi connectivity index (χ2n) is 5.04. The van der Waals surface area contributed by atoms with Crippen molar-refractivity contribution in [1.82, 2.24) is 9.97 Å². The summed E-state index contributed by atoms with van der Waals surface area (Å²) in [5, 5.41) is 0. The zero-order chi connectivity index (χ0) is 13.1. The van der Waals surface area contributed by atoms with Crippen LogP contribution in [0.3, 0.4) is 0 Å². The summed E-state index contributed by atoms with van der Waals surface area (Å²) in [7, 11) is 0. The summed E-state index contributed by atoms with van der Waals surface area (Å²) in [6, 6.07) is 1.99. The van der Waals surface area contributed by atoms with E-state index in [1.54, 1.807) is 0 Å². The van der Waals surface area contributed by atoms with Gasteiger partial charge in [0.15, 0.2) is 0 Å². The van der Waals surface area contributed by atoms with E-state index in [-0.39, 0.29) is 6.10 Å². The van der Waals surface area contributed by atoms with Crippen molar-refractivity contribution in [3.8, 4) is 0 Å². The molecule has 0 N–H and O–H groups in total. The lowest BCUT2D eigenvalue weighted by Gasteiger charge is -2.24. The minimum atomic E-state index is 0.253. The summed E-state index contributed by atoms with van der Waals surface area (Å²) in [5.41, 5.74) is 0. The van der Waals surface area contributed by atoms with Crippen LogP contribution in [0.2, 0.25) is 0 Å². The van der Waals surface area contributed by atoms with Crippen LogP contribution >= 0.6 is 15.9 Å². The minimum absolute atomic E-state index is 0.253. The number of rotatable bonds is 2. The van der Waals surface area contributed by atoms with Gasteiger partial charge in [0.25, 0.3) is 0 Å². The van der Waals surface area contributed by atoms with Gasteiger partial charge in [0.1, 0.15) is 16.2 Å². The molecule has 0 aliphatic carbocycles. The summed E-state index contributed by atoms with van der Waals surface area (Å²) >= 11 is 3.47. The van der Waals surface area contributed by atoms with Crippen LogP contribution < -0.4 is 4.90 Å². The van der Waals surface area contributed by atoms with Crippen molar-refractivity contribution in [2.75, 3.05) is 24.6 Å². The maximum absolute atomic E-state index is 5.67. The highest BCUT2D eigenvalue weighted by Crippen LogP contribution is 2.22. The van der Waals surface area contributed by atoms with Gasteiger partial charge in [-0.05, 0) is 29.3 Å². The highest BCUT2D eigenvalue weighted by Gasteiger charge is 2.18. The molecule has 1 fully saturated rings. The molecule has 100 valence electrons. The first-order valence-corrected chi connectivity index (χ1v) is 7.26. The fraction of sp³-hybridized carbons (Fsp3) is 0.692. The highest BCUT2D eigenvalue weighted by molar-refractivity contribution is 9.10. The quantitative estimate of drug-likeness (QED) is 0.787. The molecule has 0 bridgehead atoms. The Kier molecular flexibility index (Phi) is 4.56. The number of nitrogens with zero attached hydrogens (tertiary/aromatic N) is 3. The maximum Gasteiger partial charge on any atom is 0.134 e. The van der Waals surface area contributed by atoms with E-state index in [1.807, 2.05) is 6.07 Å². The van der Waals surface area contributed by atoms with Crippen molar-refractivity contribution in [3.63, 3.8) is 0 Å². The van der Waals surface area contributed by atoms with Gasteiger partial charge in [-0.3, -0.25) is 0 Å². The molecule has 1 aromatic heterocycles. The molecule has 0 saturated carbocycles. The monoisotopic (exact) mass is 313 g/mol. The molecule has 1 aliphatic heterocycles. The van der Waals surface area contributed by atoms with Crippen molar-refractivity contribution in [1.29, 1.82) is 0 Å². The zero-order valence-electron chi connectivity index (χ0n) is 11.2. The van der Waals surface area contributed by atoms with Crippen molar-refractivity contribution in [3.05, 3.63) is 16.5 Å². The average molecular weight is 314 g/mol. The lowest BCUT2D eigenvalue weighted by atomic mass is 10.2. The summed E-state index contributed by atoms with van der Waals surface area (Å²) in [6.07, 6.45) is 1.30. The molecule has 2 heterocycles. The zero-order valence-corrected chi connectivity index (χ0v) is 12.8. The first kappa shape index (κ1) is 13.7. The van der Waals surface area contributed by atoms with Crippen molar-refractivity contribution >= 4 is 21.7 Å². The number of hydrogen-bond acceptors (Lipinski definition) is 4. The SMILES string of the molecule is CC1CN(c2cc(Br)nc(C(C)C)n2)CCCO1. The molecule has 4 nitrogen and oxygen atoms in total. The van der Waals surface area contributed by atoms with Gasteiger partial charge in [-0.1, -0.05) is 13.8 Å². The fourth-order valence-corrected chi connectivity index (χ4v) is 2.43. The molecule has 1 saturated heterocycles. The molecule has 0 amide bonds. The molecule has 0 aromatic carbocycles. The van der Waals surface area contributed by atoms with Gasteiger partial charge in [-0.2, -0.15) is 0 Å². The molecular formula is C13H20BrN3O. The maximum atomic E-state index is 5.67. The van der Waals surface area contributed by atoms with E-state index in [0.29, 0.717) is 5.92 Å². The normalized spacial score (nSPS) is 21.2.